The number of aryl methyl sites for hydroxylation is 2. The molecule has 0 saturated heterocycles. The molecule has 160 valence electrons. The molecule has 0 aliphatic rings. The van der Waals surface area contributed by atoms with Gasteiger partial charge in [-0.05, 0) is 37.2 Å². The molecule has 0 aliphatic carbocycles. The quantitative estimate of drug-likeness (QED) is 0.511. The van der Waals surface area contributed by atoms with Crippen LogP contribution in [0.5, 0.6) is 5.75 Å². The molecular weight excluding hydrogens is 376 g/mol. The summed E-state index contributed by atoms with van der Waals surface area (Å²) in [5, 5.41) is 18.1. The van der Waals surface area contributed by atoms with Gasteiger partial charge in [-0.1, -0.05) is 42.5 Å². The van der Waals surface area contributed by atoms with Crippen molar-refractivity contribution in [3.8, 4) is 5.75 Å². The molecule has 3 aromatic rings. The summed E-state index contributed by atoms with van der Waals surface area (Å²) in [6, 6.07) is 18.2. The molecule has 0 spiro atoms. The van der Waals surface area contributed by atoms with E-state index in [1.165, 1.54) is 16.7 Å². The van der Waals surface area contributed by atoms with Crippen molar-refractivity contribution >= 4 is 0 Å². The van der Waals surface area contributed by atoms with E-state index in [9.17, 15) is 5.11 Å². The summed E-state index contributed by atoms with van der Waals surface area (Å²) in [4.78, 5) is 2.10. The number of likely N-dealkylation sites (N-methyl/N-ethyl adjacent to an activating group) is 1. The fraction of sp³-hybridized carbons (Fsp3) is 0.375. The first-order valence-corrected chi connectivity index (χ1v) is 10.3. The summed E-state index contributed by atoms with van der Waals surface area (Å²) in [5.41, 5.74) is 4.69. The maximum atomic E-state index is 10.3. The molecule has 6 nitrogen and oxygen atoms in total. The highest BCUT2D eigenvalue weighted by molar-refractivity contribution is 5.27. The molecule has 1 atom stereocenters. The fourth-order valence-corrected chi connectivity index (χ4v) is 3.43. The zero-order chi connectivity index (χ0) is 21.3. The molecule has 0 fully saturated rings. The first kappa shape index (κ1) is 22.0. The van der Waals surface area contributed by atoms with Crippen LogP contribution in [0.1, 0.15) is 22.4 Å². The van der Waals surface area contributed by atoms with Gasteiger partial charge >= 0.3 is 0 Å². The lowest BCUT2D eigenvalue weighted by Crippen LogP contribution is -2.32. The average Bonchev–Trinajstić information content (AvgIpc) is 3.05. The van der Waals surface area contributed by atoms with E-state index in [0.717, 1.165) is 31.1 Å². The molecule has 2 aromatic carbocycles. The molecule has 0 saturated carbocycles. The highest BCUT2D eigenvalue weighted by Crippen LogP contribution is 2.13. The lowest BCUT2D eigenvalue weighted by Gasteiger charge is -2.21. The minimum atomic E-state index is -0.539. The van der Waals surface area contributed by atoms with Crippen LogP contribution in [-0.2, 0) is 26.7 Å². The van der Waals surface area contributed by atoms with Crippen LogP contribution >= 0.6 is 0 Å². The summed E-state index contributed by atoms with van der Waals surface area (Å²) in [5.74, 6) is 0.770. The lowest BCUT2D eigenvalue weighted by molar-refractivity contribution is 0.0744. The Labute approximate surface area is 179 Å². The van der Waals surface area contributed by atoms with Crippen molar-refractivity contribution in [1.29, 1.82) is 0 Å². The Morgan fingerprint density at radius 3 is 2.47 bits per heavy atom. The SMILES string of the molecule is Cc1nn(C)cc1CNCc1ccc(OC[C@@H](O)CN(C)Cc2ccccc2)cc1. The number of hydrogen-bond donors (Lipinski definition) is 2. The van der Waals surface area contributed by atoms with Gasteiger partial charge in [-0.25, -0.2) is 0 Å². The largest absolute Gasteiger partial charge is 0.491 e. The number of nitrogens with one attached hydrogen (secondary N) is 1. The number of rotatable bonds is 11. The normalized spacial score (nSPS) is 12.3. The summed E-state index contributed by atoms with van der Waals surface area (Å²) >= 11 is 0. The molecule has 2 N–H and O–H groups in total. The van der Waals surface area contributed by atoms with Gasteiger partial charge in [0.2, 0.25) is 0 Å². The fourth-order valence-electron chi connectivity index (χ4n) is 3.43. The summed E-state index contributed by atoms with van der Waals surface area (Å²) in [7, 11) is 3.94. The second kappa shape index (κ2) is 10.9. The van der Waals surface area contributed by atoms with Crippen LogP contribution in [0.2, 0.25) is 0 Å². The van der Waals surface area contributed by atoms with Crippen molar-refractivity contribution < 1.29 is 9.84 Å². The van der Waals surface area contributed by atoms with Crippen molar-refractivity contribution in [3.05, 3.63) is 83.2 Å². The molecule has 0 bridgehead atoms. The van der Waals surface area contributed by atoms with Gasteiger partial charge in [-0.15, -0.1) is 0 Å². The average molecular weight is 409 g/mol. The molecule has 0 amide bonds. The Bertz CT molecular complexity index is 893. The van der Waals surface area contributed by atoms with Crippen LogP contribution in [0.25, 0.3) is 0 Å². The van der Waals surface area contributed by atoms with E-state index in [1.807, 2.05) is 74.4 Å². The molecular formula is C24H32N4O2. The number of benzene rings is 2. The molecule has 30 heavy (non-hydrogen) atoms. The minimum absolute atomic E-state index is 0.275. The Morgan fingerprint density at radius 2 is 1.80 bits per heavy atom. The molecule has 0 aliphatic heterocycles. The van der Waals surface area contributed by atoms with Gasteiger partial charge in [-0.2, -0.15) is 5.10 Å². The van der Waals surface area contributed by atoms with E-state index in [4.69, 9.17) is 4.74 Å². The molecule has 0 radical (unpaired) electrons. The number of hydrogen-bond acceptors (Lipinski definition) is 5. The topological polar surface area (TPSA) is 62.6 Å². The van der Waals surface area contributed by atoms with Gasteiger partial charge in [0.15, 0.2) is 0 Å². The Morgan fingerprint density at radius 1 is 1.07 bits per heavy atom. The first-order valence-electron chi connectivity index (χ1n) is 10.3. The number of ether oxygens (including phenoxy) is 1. The predicted molar refractivity (Wildman–Crippen MR) is 119 cm³/mol. The first-order chi connectivity index (χ1) is 14.5. The standard InChI is InChI=1S/C24H32N4O2/c1-19-22(16-28(3)26-19)14-25-13-20-9-11-24(12-10-20)30-18-23(29)17-27(2)15-21-7-5-4-6-8-21/h4-12,16,23,25,29H,13-15,17-18H2,1-3H3/t23-/m0/s1. The number of aliphatic hydroxyl groups excluding tert-OH is 1. The van der Waals surface area contributed by atoms with E-state index in [1.54, 1.807) is 0 Å². The van der Waals surface area contributed by atoms with Crippen molar-refractivity contribution in [2.45, 2.75) is 32.7 Å². The minimum Gasteiger partial charge on any atom is -0.491 e. The predicted octanol–water partition coefficient (Wildman–Crippen LogP) is 2.89. The van der Waals surface area contributed by atoms with Gasteiger partial charge in [0, 0.05) is 45.0 Å². The van der Waals surface area contributed by atoms with Crippen LogP contribution in [-0.4, -0.2) is 46.1 Å². The van der Waals surface area contributed by atoms with E-state index in [-0.39, 0.29) is 6.61 Å². The van der Waals surface area contributed by atoms with Crippen LogP contribution in [0.3, 0.4) is 0 Å². The summed E-state index contributed by atoms with van der Waals surface area (Å²) < 4.78 is 7.60. The van der Waals surface area contributed by atoms with Crippen LogP contribution in [0.15, 0.2) is 60.8 Å². The van der Waals surface area contributed by atoms with Gasteiger partial charge in [-0.3, -0.25) is 9.58 Å². The number of aliphatic hydroxyl groups is 1. The second-order valence-corrected chi connectivity index (χ2v) is 7.81. The summed E-state index contributed by atoms with van der Waals surface area (Å²) in [6.07, 6.45) is 1.50. The third kappa shape index (κ3) is 6.99. The van der Waals surface area contributed by atoms with Gasteiger partial charge < -0.3 is 15.2 Å². The van der Waals surface area contributed by atoms with Gasteiger partial charge in [0.1, 0.15) is 18.5 Å². The second-order valence-electron chi connectivity index (χ2n) is 7.81. The highest BCUT2D eigenvalue weighted by atomic mass is 16.5. The zero-order valence-corrected chi connectivity index (χ0v) is 18.1. The van der Waals surface area contributed by atoms with Crippen LogP contribution in [0.4, 0.5) is 0 Å². The molecule has 0 unspecified atom stereocenters. The van der Waals surface area contributed by atoms with Crippen molar-refractivity contribution in [3.63, 3.8) is 0 Å². The van der Waals surface area contributed by atoms with E-state index >= 15 is 0 Å². The molecule has 1 heterocycles. The van der Waals surface area contributed by atoms with E-state index in [2.05, 4.69) is 27.4 Å². The van der Waals surface area contributed by atoms with Crippen molar-refractivity contribution in [2.75, 3.05) is 20.2 Å². The lowest BCUT2D eigenvalue weighted by atomic mass is 10.2. The van der Waals surface area contributed by atoms with Crippen LogP contribution < -0.4 is 10.1 Å². The van der Waals surface area contributed by atoms with Crippen molar-refractivity contribution in [1.82, 2.24) is 20.0 Å². The van der Waals surface area contributed by atoms with Crippen LogP contribution in [0, 0.1) is 6.92 Å². The van der Waals surface area contributed by atoms with Gasteiger partial charge in [0.25, 0.3) is 0 Å². The summed E-state index contributed by atoms with van der Waals surface area (Å²) in [6.45, 7) is 5.24. The van der Waals surface area contributed by atoms with E-state index < -0.39 is 6.10 Å². The maximum Gasteiger partial charge on any atom is 0.119 e. The third-order valence-corrected chi connectivity index (χ3v) is 4.94. The third-order valence-electron chi connectivity index (χ3n) is 4.94. The molecule has 1 aromatic heterocycles. The Kier molecular flexibility index (Phi) is 8.02. The highest BCUT2D eigenvalue weighted by Gasteiger charge is 2.10. The number of nitrogens with zero attached hydrogens (tertiary/aromatic N) is 3. The van der Waals surface area contributed by atoms with Gasteiger partial charge in [0.05, 0.1) is 5.69 Å². The zero-order valence-electron chi connectivity index (χ0n) is 18.1. The molecule has 6 heteroatoms. The van der Waals surface area contributed by atoms with E-state index in [0.29, 0.717) is 6.54 Å². The molecule has 3 rings (SSSR count). The monoisotopic (exact) mass is 408 g/mol. The number of aromatic nitrogens is 2. The smallest absolute Gasteiger partial charge is 0.119 e. The Hall–Kier alpha value is -2.67. The Balaban J connectivity index is 1.37. The van der Waals surface area contributed by atoms with Crippen molar-refractivity contribution in [2.24, 2.45) is 7.05 Å². The maximum absolute atomic E-state index is 10.3.